The molecule has 1 heterocycles. The van der Waals surface area contributed by atoms with Gasteiger partial charge in [0.1, 0.15) is 6.61 Å². The molecule has 112 valence electrons. The second kappa shape index (κ2) is 6.16. The minimum Gasteiger partial charge on any atom is -0.271 e. The van der Waals surface area contributed by atoms with Gasteiger partial charge in [-0.2, -0.15) is 5.06 Å². The third-order valence-electron chi connectivity index (χ3n) is 4.05. The Morgan fingerprint density at radius 2 is 1.59 bits per heavy atom. The average molecular weight is 293 g/mol. The van der Waals surface area contributed by atoms with Gasteiger partial charge in [-0.25, -0.2) is 0 Å². The van der Waals surface area contributed by atoms with Gasteiger partial charge in [0.05, 0.1) is 11.6 Å². The maximum absolute atomic E-state index is 12.5. The van der Waals surface area contributed by atoms with E-state index in [1.165, 1.54) is 5.06 Å². The van der Waals surface area contributed by atoms with E-state index in [4.69, 9.17) is 4.84 Å². The van der Waals surface area contributed by atoms with Gasteiger partial charge in [0, 0.05) is 5.56 Å². The summed E-state index contributed by atoms with van der Waals surface area (Å²) in [6.45, 7) is 4.30. The van der Waals surface area contributed by atoms with Gasteiger partial charge in [-0.3, -0.25) is 9.63 Å². The van der Waals surface area contributed by atoms with Crippen molar-refractivity contribution in [3.8, 4) is 0 Å². The first-order valence-corrected chi connectivity index (χ1v) is 7.45. The van der Waals surface area contributed by atoms with Crippen LogP contribution in [0, 0.1) is 5.92 Å². The number of hydrogen-bond donors (Lipinski definition) is 0. The first-order chi connectivity index (χ1) is 10.7. The van der Waals surface area contributed by atoms with E-state index < -0.39 is 0 Å². The highest BCUT2D eigenvalue weighted by Gasteiger charge is 2.36. The highest BCUT2D eigenvalue weighted by Crippen LogP contribution is 2.36. The first kappa shape index (κ1) is 14.5. The maximum atomic E-state index is 12.5. The first-order valence-electron chi connectivity index (χ1n) is 7.45. The highest BCUT2D eigenvalue weighted by atomic mass is 16.7. The summed E-state index contributed by atoms with van der Waals surface area (Å²) in [6.07, 6.45) is 0. The SMILES string of the molecule is CC1=C(c2ccccc2)N(OCc2ccccc2)C(=O)C1C. The van der Waals surface area contributed by atoms with Crippen LogP contribution in [0.2, 0.25) is 0 Å². The zero-order chi connectivity index (χ0) is 15.5. The summed E-state index contributed by atoms with van der Waals surface area (Å²) in [6, 6.07) is 19.8. The Morgan fingerprint density at radius 3 is 2.23 bits per heavy atom. The van der Waals surface area contributed by atoms with Crippen LogP contribution < -0.4 is 0 Å². The molecule has 0 aromatic heterocycles. The molecular weight excluding hydrogens is 274 g/mol. The molecule has 0 saturated carbocycles. The summed E-state index contributed by atoms with van der Waals surface area (Å²) in [4.78, 5) is 18.3. The third-order valence-corrected chi connectivity index (χ3v) is 4.05. The van der Waals surface area contributed by atoms with Crippen molar-refractivity contribution in [1.29, 1.82) is 0 Å². The van der Waals surface area contributed by atoms with Crippen LogP contribution in [-0.2, 0) is 16.2 Å². The number of hydrogen-bond acceptors (Lipinski definition) is 2. The Hall–Kier alpha value is -2.39. The van der Waals surface area contributed by atoms with Crippen LogP contribution in [0.25, 0.3) is 5.70 Å². The lowest BCUT2D eigenvalue weighted by Crippen LogP contribution is -2.27. The molecule has 2 aromatic carbocycles. The minimum absolute atomic E-state index is 0.00714. The van der Waals surface area contributed by atoms with Gasteiger partial charge in [0.15, 0.2) is 0 Å². The van der Waals surface area contributed by atoms with Gasteiger partial charge in [-0.05, 0) is 25.0 Å². The van der Waals surface area contributed by atoms with E-state index in [1.807, 2.05) is 74.5 Å². The van der Waals surface area contributed by atoms with Gasteiger partial charge in [0.2, 0.25) is 0 Å². The lowest BCUT2D eigenvalue weighted by molar-refractivity contribution is -0.169. The lowest BCUT2D eigenvalue weighted by Gasteiger charge is -2.20. The average Bonchev–Trinajstić information content (AvgIpc) is 2.78. The van der Waals surface area contributed by atoms with E-state index in [2.05, 4.69) is 0 Å². The minimum atomic E-state index is -0.147. The molecule has 1 unspecified atom stereocenters. The molecule has 0 fully saturated rings. The second-order valence-electron chi connectivity index (χ2n) is 5.51. The third kappa shape index (κ3) is 2.68. The highest BCUT2D eigenvalue weighted by molar-refractivity contribution is 5.96. The summed E-state index contributed by atoms with van der Waals surface area (Å²) in [5.74, 6) is -0.154. The van der Waals surface area contributed by atoms with Gasteiger partial charge < -0.3 is 0 Å². The Labute approximate surface area is 130 Å². The number of carbonyl (C=O) groups is 1. The Balaban J connectivity index is 1.86. The fraction of sp³-hybridized carbons (Fsp3) is 0.211. The molecule has 3 rings (SSSR count). The van der Waals surface area contributed by atoms with Crippen molar-refractivity contribution in [3.05, 3.63) is 77.4 Å². The molecule has 3 heteroatoms. The summed E-state index contributed by atoms with van der Waals surface area (Å²) < 4.78 is 0. The molecule has 1 atom stereocenters. The molecule has 0 N–H and O–H groups in total. The molecule has 22 heavy (non-hydrogen) atoms. The molecule has 3 nitrogen and oxygen atoms in total. The molecule has 0 saturated heterocycles. The standard InChI is InChI=1S/C19H19NO2/c1-14-15(2)19(21)20(18(14)17-11-7-4-8-12-17)22-13-16-9-5-3-6-10-16/h3-12,15H,13H2,1-2H3. The summed E-state index contributed by atoms with van der Waals surface area (Å²) in [7, 11) is 0. The molecule has 1 amide bonds. The van der Waals surface area contributed by atoms with Crippen molar-refractivity contribution < 1.29 is 9.63 Å². The van der Waals surface area contributed by atoms with Gasteiger partial charge >= 0.3 is 0 Å². The van der Waals surface area contributed by atoms with Crippen molar-refractivity contribution in [2.75, 3.05) is 0 Å². The van der Waals surface area contributed by atoms with E-state index in [9.17, 15) is 4.79 Å². The molecule has 0 spiro atoms. The summed E-state index contributed by atoms with van der Waals surface area (Å²) in [5, 5.41) is 1.46. The van der Waals surface area contributed by atoms with E-state index in [0.29, 0.717) is 6.61 Å². The monoisotopic (exact) mass is 293 g/mol. The van der Waals surface area contributed by atoms with Crippen LogP contribution in [0.15, 0.2) is 66.2 Å². The van der Waals surface area contributed by atoms with Gasteiger partial charge in [-0.15, -0.1) is 0 Å². The fourth-order valence-corrected chi connectivity index (χ4v) is 2.62. The number of nitrogens with zero attached hydrogens (tertiary/aromatic N) is 1. The molecule has 0 aliphatic carbocycles. The number of hydroxylamine groups is 2. The number of rotatable bonds is 4. The van der Waals surface area contributed by atoms with Crippen molar-refractivity contribution in [2.24, 2.45) is 5.92 Å². The lowest BCUT2D eigenvalue weighted by atomic mass is 10.0. The number of carbonyl (C=O) groups excluding carboxylic acids is 1. The van der Waals surface area contributed by atoms with Crippen LogP contribution >= 0.6 is 0 Å². The molecule has 0 bridgehead atoms. The van der Waals surface area contributed by atoms with Crippen LogP contribution in [0.1, 0.15) is 25.0 Å². The largest absolute Gasteiger partial charge is 0.271 e. The predicted octanol–water partition coefficient (Wildman–Crippen LogP) is 4.03. The predicted molar refractivity (Wildman–Crippen MR) is 86.3 cm³/mol. The normalized spacial score (nSPS) is 18.2. The van der Waals surface area contributed by atoms with E-state index in [-0.39, 0.29) is 11.8 Å². The van der Waals surface area contributed by atoms with E-state index in [1.54, 1.807) is 0 Å². The zero-order valence-corrected chi connectivity index (χ0v) is 12.8. The maximum Gasteiger partial charge on any atom is 0.257 e. The molecule has 1 aliphatic rings. The van der Waals surface area contributed by atoms with Crippen molar-refractivity contribution in [2.45, 2.75) is 20.5 Å². The van der Waals surface area contributed by atoms with Gasteiger partial charge in [0.25, 0.3) is 5.91 Å². The van der Waals surface area contributed by atoms with E-state index >= 15 is 0 Å². The Morgan fingerprint density at radius 1 is 1.00 bits per heavy atom. The molecule has 2 aromatic rings. The van der Waals surface area contributed by atoms with Crippen LogP contribution in [0.5, 0.6) is 0 Å². The van der Waals surface area contributed by atoms with Crippen LogP contribution in [0.4, 0.5) is 0 Å². The zero-order valence-electron chi connectivity index (χ0n) is 12.8. The van der Waals surface area contributed by atoms with Crippen molar-refractivity contribution in [1.82, 2.24) is 5.06 Å². The van der Waals surface area contributed by atoms with Crippen LogP contribution in [0.3, 0.4) is 0 Å². The smallest absolute Gasteiger partial charge is 0.257 e. The molecule has 0 radical (unpaired) electrons. The summed E-state index contributed by atoms with van der Waals surface area (Å²) >= 11 is 0. The molecular formula is C19H19NO2. The molecule has 1 aliphatic heterocycles. The second-order valence-corrected chi connectivity index (χ2v) is 5.51. The number of amides is 1. The van der Waals surface area contributed by atoms with Crippen molar-refractivity contribution in [3.63, 3.8) is 0 Å². The number of benzene rings is 2. The van der Waals surface area contributed by atoms with E-state index in [0.717, 1.165) is 22.4 Å². The van der Waals surface area contributed by atoms with Crippen molar-refractivity contribution >= 4 is 11.6 Å². The quantitative estimate of drug-likeness (QED) is 0.852. The topological polar surface area (TPSA) is 29.5 Å². The van der Waals surface area contributed by atoms with Gasteiger partial charge in [-0.1, -0.05) is 60.7 Å². The Bertz CT molecular complexity index is 692. The fourth-order valence-electron chi connectivity index (χ4n) is 2.62. The Kier molecular flexibility index (Phi) is 4.07. The summed E-state index contributed by atoms with van der Waals surface area (Å²) in [5.41, 5.74) is 3.96. The van der Waals surface area contributed by atoms with Crippen LogP contribution in [-0.4, -0.2) is 11.0 Å².